The van der Waals surface area contributed by atoms with E-state index in [0.717, 1.165) is 10.4 Å². The number of imidazole rings is 1. The van der Waals surface area contributed by atoms with Crippen LogP contribution in [0.25, 0.3) is 27.7 Å². The number of amides is 1. The molecule has 0 bridgehead atoms. The molecule has 1 unspecified atom stereocenters. The second kappa shape index (κ2) is 7.41. The quantitative estimate of drug-likeness (QED) is 0.208. The first kappa shape index (κ1) is 19.9. The number of aromatic amines is 2. The van der Waals surface area contributed by atoms with Crippen LogP contribution in [-0.4, -0.2) is 31.7 Å². The van der Waals surface area contributed by atoms with Crippen molar-refractivity contribution in [1.29, 1.82) is 0 Å². The van der Waals surface area contributed by atoms with Gasteiger partial charge in [0.15, 0.2) is 0 Å². The Morgan fingerprint density at radius 3 is 2.44 bits per heavy atom. The number of fused-ring (bicyclic) bond motifs is 2. The highest BCUT2D eigenvalue weighted by atomic mass is 19.1. The molecule has 1 aliphatic heterocycles. The SMILES string of the molecule is O=C1C(=O)N(c2nc3ccccc3[nH]2)C(c2ccccc2F)/C1=C(\O)c1c[nH]c2ccccc12. The third-order valence-corrected chi connectivity index (χ3v) is 6.09. The Labute approximate surface area is 192 Å². The summed E-state index contributed by atoms with van der Waals surface area (Å²) in [5, 5.41) is 12.0. The van der Waals surface area contributed by atoms with Crippen molar-refractivity contribution in [2.75, 3.05) is 4.90 Å². The molecule has 2 aromatic heterocycles. The molecule has 0 saturated carbocycles. The van der Waals surface area contributed by atoms with Gasteiger partial charge in [-0.3, -0.25) is 14.5 Å². The molecule has 3 heterocycles. The molecule has 8 heteroatoms. The van der Waals surface area contributed by atoms with E-state index < -0.39 is 23.5 Å². The van der Waals surface area contributed by atoms with E-state index in [0.29, 0.717) is 22.0 Å². The standard InChI is InChI=1S/C26H17FN4O3/c27-17-9-3-1-8-15(17)22-21(23(32)16-13-28-18-10-4-2-7-14(16)18)24(33)25(34)31(22)26-29-19-11-5-6-12-20(19)30-26/h1-13,22,28,32H,(H,29,30)/b23-21+. The number of carbonyl (C=O) groups is 2. The maximum Gasteiger partial charge on any atom is 0.302 e. The van der Waals surface area contributed by atoms with Crippen LogP contribution in [-0.2, 0) is 9.59 Å². The van der Waals surface area contributed by atoms with Gasteiger partial charge in [0.1, 0.15) is 17.6 Å². The van der Waals surface area contributed by atoms with Crippen LogP contribution in [0, 0.1) is 5.82 Å². The molecule has 6 rings (SSSR count). The van der Waals surface area contributed by atoms with Crippen LogP contribution in [0.3, 0.4) is 0 Å². The minimum atomic E-state index is -1.21. The summed E-state index contributed by atoms with van der Waals surface area (Å²) < 4.78 is 15.0. The highest BCUT2D eigenvalue weighted by Gasteiger charge is 2.49. The van der Waals surface area contributed by atoms with Crippen molar-refractivity contribution in [2.24, 2.45) is 0 Å². The fraction of sp³-hybridized carbons (Fsp3) is 0.0385. The molecule has 1 saturated heterocycles. The number of rotatable bonds is 3. The molecule has 7 nitrogen and oxygen atoms in total. The zero-order chi connectivity index (χ0) is 23.4. The second-order valence-corrected chi connectivity index (χ2v) is 8.02. The molecule has 0 aliphatic carbocycles. The van der Waals surface area contributed by atoms with Crippen molar-refractivity contribution < 1.29 is 19.1 Å². The predicted octanol–water partition coefficient (Wildman–Crippen LogP) is 4.81. The van der Waals surface area contributed by atoms with Gasteiger partial charge >= 0.3 is 5.91 Å². The van der Waals surface area contributed by atoms with E-state index in [1.165, 1.54) is 18.2 Å². The first-order valence-corrected chi connectivity index (χ1v) is 10.6. The smallest absolute Gasteiger partial charge is 0.302 e. The largest absolute Gasteiger partial charge is 0.507 e. The number of halogens is 1. The number of aliphatic hydroxyl groups is 1. The monoisotopic (exact) mass is 452 g/mol. The van der Waals surface area contributed by atoms with Crippen molar-refractivity contribution in [3.63, 3.8) is 0 Å². The van der Waals surface area contributed by atoms with Gasteiger partial charge in [0.2, 0.25) is 5.95 Å². The Balaban J connectivity index is 1.62. The number of aliphatic hydroxyl groups excluding tert-OH is 1. The fourth-order valence-electron chi connectivity index (χ4n) is 4.51. The second-order valence-electron chi connectivity index (χ2n) is 8.02. The van der Waals surface area contributed by atoms with Gasteiger partial charge in [0.25, 0.3) is 5.78 Å². The third-order valence-electron chi connectivity index (χ3n) is 6.09. The van der Waals surface area contributed by atoms with E-state index in [2.05, 4.69) is 15.0 Å². The number of Topliss-reactive ketones (excluding diaryl/α,β-unsaturated/α-hetero) is 1. The molecule has 0 spiro atoms. The van der Waals surface area contributed by atoms with E-state index in [4.69, 9.17) is 0 Å². The number of benzene rings is 3. The molecule has 5 aromatic rings. The number of carbonyl (C=O) groups excluding carboxylic acids is 2. The number of hydrogen-bond donors (Lipinski definition) is 3. The first-order valence-electron chi connectivity index (χ1n) is 10.6. The van der Waals surface area contributed by atoms with Gasteiger partial charge in [0.05, 0.1) is 16.6 Å². The number of hydrogen-bond acceptors (Lipinski definition) is 4. The summed E-state index contributed by atoms with van der Waals surface area (Å²) in [6.45, 7) is 0. The lowest BCUT2D eigenvalue weighted by molar-refractivity contribution is -0.132. The molecule has 3 N–H and O–H groups in total. The van der Waals surface area contributed by atoms with Gasteiger partial charge in [-0.25, -0.2) is 9.37 Å². The minimum absolute atomic E-state index is 0.0727. The first-order chi connectivity index (χ1) is 16.5. The summed E-state index contributed by atoms with van der Waals surface area (Å²) >= 11 is 0. The maximum atomic E-state index is 15.0. The zero-order valence-corrected chi connectivity index (χ0v) is 17.6. The average molecular weight is 452 g/mol. The zero-order valence-electron chi connectivity index (χ0n) is 17.6. The van der Waals surface area contributed by atoms with Crippen LogP contribution >= 0.6 is 0 Å². The predicted molar refractivity (Wildman–Crippen MR) is 126 cm³/mol. The van der Waals surface area contributed by atoms with E-state index in [9.17, 15) is 14.7 Å². The van der Waals surface area contributed by atoms with Crippen LogP contribution in [0.4, 0.5) is 10.3 Å². The lowest BCUT2D eigenvalue weighted by Crippen LogP contribution is -2.30. The maximum absolute atomic E-state index is 15.0. The van der Waals surface area contributed by atoms with E-state index in [1.54, 1.807) is 42.6 Å². The van der Waals surface area contributed by atoms with E-state index in [-0.39, 0.29) is 22.8 Å². The molecule has 34 heavy (non-hydrogen) atoms. The number of para-hydroxylation sites is 3. The molecule has 166 valence electrons. The summed E-state index contributed by atoms with van der Waals surface area (Å²) in [7, 11) is 0. The summed E-state index contributed by atoms with van der Waals surface area (Å²) in [4.78, 5) is 38.2. The summed E-state index contributed by atoms with van der Waals surface area (Å²) in [6.07, 6.45) is 1.56. The van der Waals surface area contributed by atoms with Gasteiger partial charge < -0.3 is 15.1 Å². The third kappa shape index (κ3) is 2.85. The Kier molecular flexibility index (Phi) is 4.35. The summed E-state index contributed by atoms with van der Waals surface area (Å²) in [5.41, 5.74) is 2.20. The summed E-state index contributed by atoms with van der Waals surface area (Å²) in [6, 6.07) is 19.1. The van der Waals surface area contributed by atoms with Crippen LogP contribution in [0.1, 0.15) is 17.2 Å². The molecule has 1 aliphatic rings. The van der Waals surface area contributed by atoms with Crippen molar-refractivity contribution in [2.45, 2.75) is 6.04 Å². The lowest BCUT2D eigenvalue weighted by atomic mass is 9.95. The lowest BCUT2D eigenvalue weighted by Gasteiger charge is -2.23. The van der Waals surface area contributed by atoms with Gasteiger partial charge in [0, 0.05) is 28.2 Å². The van der Waals surface area contributed by atoms with Crippen molar-refractivity contribution in [1.82, 2.24) is 15.0 Å². The van der Waals surface area contributed by atoms with Gasteiger partial charge in [-0.1, -0.05) is 48.5 Å². The summed E-state index contributed by atoms with van der Waals surface area (Å²) in [5.74, 6) is -2.73. The van der Waals surface area contributed by atoms with Gasteiger partial charge in [-0.2, -0.15) is 0 Å². The topological polar surface area (TPSA) is 102 Å². The number of H-pyrrole nitrogens is 2. The minimum Gasteiger partial charge on any atom is -0.507 e. The number of anilines is 1. The Morgan fingerprint density at radius 1 is 0.941 bits per heavy atom. The fourth-order valence-corrected chi connectivity index (χ4v) is 4.51. The van der Waals surface area contributed by atoms with Crippen LogP contribution < -0.4 is 4.90 Å². The normalized spacial score (nSPS) is 17.8. The van der Waals surface area contributed by atoms with Crippen molar-refractivity contribution in [3.8, 4) is 0 Å². The van der Waals surface area contributed by atoms with Crippen molar-refractivity contribution >= 4 is 45.3 Å². The molecule has 1 atom stereocenters. The number of nitrogens with zero attached hydrogens (tertiary/aromatic N) is 2. The van der Waals surface area contributed by atoms with Crippen LogP contribution in [0.5, 0.6) is 0 Å². The molecule has 3 aromatic carbocycles. The Bertz CT molecular complexity index is 1620. The molecule has 0 radical (unpaired) electrons. The number of ketones is 1. The highest BCUT2D eigenvalue weighted by Crippen LogP contribution is 2.43. The number of aromatic nitrogens is 3. The van der Waals surface area contributed by atoms with Gasteiger partial charge in [-0.05, 0) is 24.3 Å². The average Bonchev–Trinajstić information content (AvgIpc) is 3.53. The Hall–Kier alpha value is -4.72. The number of nitrogens with one attached hydrogen (secondary N) is 2. The molecule has 1 fully saturated rings. The Morgan fingerprint density at radius 2 is 1.65 bits per heavy atom. The van der Waals surface area contributed by atoms with Crippen LogP contribution in [0.15, 0.2) is 84.6 Å². The van der Waals surface area contributed by atoms with Gasteiger partial charge in [-0.15, -0.1) is 0 Å². The molecular weight excluding hydrogens is 435 g/mol. The highest BCUT2D eigenvalue weighted by molar-refractivity contribution is 6.51. The van der Waals surface area contributed by atoms with Crippen LogP contribution in [0.2, 0.25) is 0 Å². The van der Waals surface area contributed by atoms with Crippen molar-refractivity contribution in [3.05, 3.63) is 102 Å². The molecule has 1 amide bonds. The van der Waals surface area contributed by atoms with E-state index in [1.807, 2.05) is 18.2 Å². The molecular formula is C26H17FN4O3. The van der Waals surface area contributed by atoms with E-state index >= 15 is 4.39 Å².